The number of carbonyl (C=O) groups is 1. The molecular formula is C16H30N2O3. The van der Waals surface area contributed by atoms with Gasteiger partial charge in [0, 0.05) is 32.3 Å². The Balaban J connectivity index is 1.60. The maximum absolute atomic E-state index is 12.0. The molecule has 5 nitrogen and oxygen atoms in total. The summed E-state index contributed by atoms with van der Waals surface area (Å²) in [5.41, 5.74) is -0.407. The molecule has 0 radical (unpaired) electrons. The van der Waals surface area contributed by atoms with Crippen molar-refractivity contribution in [1.82, 2.24) is 10.2 Å². The molecule has 2 fully saturated rings. The molecule has 2 saturated heterocycles. The minimum absolute atomic E-state index is 0.177. The molecule has 2 rings (SSSR count). The molecule has 0 aromatic rings. The van der Waals surface area contributed by atoms with Gasteiger partial charge in [-0.1, -0.05) is 0 Å². The van der Waals surface area contributed by atoms with Crippen LogP contribution in [0.3, 0.4) is 0 Å². The predicted octanol–water partition coefficient (Wildman–Crippen LogP) is 2.40. The standard InChI is InChI=1S/C16H30N2O3/c1-16(2,3)21-15(19)18-9-5-14(6-10-18)17-8-4-13-7-11-20-12-13/h13-14,17H,4-12H2,1-3H3. The maximum Gasteiger partial charge on any atom is 0.410 e. The van der Waals surface area contributed by atoms with Crippen LogP contribution < -0.4 is 5.32 Å². The van der Waals surface area contributed by atoms with E-state index in [-0.39, 0.29) is 6.09 Å². The summed E-state index contributed by atoms with van der Waals surface area (Å²) in [4.78, 5) is 13.8. The Morgan fingerprint density at radius 3 is 2.57 bits per heavy atom. The van der Waals surface area contributed by atoms with Crippen molar-refractivity contribution in [2.24, 2.45) is 5.92 Å². The Labute approximate surface area is 128 Å². The second-order valence-electron chi connectivity index (χ2n) is 7.21. The normalized spacial score (nSPS) is 24.3. The molecule has 1 atom stereocenters. The molecular weight excluding hydrogens is 268 g/mol. The van der Waals surface area contributed by atoms with Gasteiger partial charge in [0.15, 0.2) is 0 Å². The number of nitrogens with zero attached hydrogens (tertiary/aromatic N) is 1. The topological polar surface area (TPSA) is 50.8 Å². The van der Waals surface area contributed by atoms with Crippen LogP contribution in [-0.2, 0) is 9.47 Å². The SMILES string of the molecule is CC(C)(C)OC(=O)N1CCC(NCCC2CCOC2)CC1. The Morgan fingerprint density at radius 2 is 2.00 bits per heavy atom. The fraction of sp³-hybridized carbons (Fsp3) is 0.938. The van der Waals surface area contributed by atoms with Gasteiger partial charge >= 0.3 is 6.09 Å². The number of hydrogen-bond acceptors (Lipinski definition) is 4. The van der Waals surface area contributed by atoms with Crippen molar-refractivity contribution in [3.8, 4) is 0 Å². The third kappa shape index (κ3) is 5.83. The smallest absolute Gasteiger partial charge is 0.410 e. The van der Waals surface area contributed by atoms with E-state index in [4.69, 9.17) is 9.47 Å². The lowest BCUT2D eigenvalue weighted by molar-refractivity contribution is 0.0198. The van der Waals surface area contributed by atoms with Crippen LogP contribution in [0.1, 0.15) is 46.5 Å². The molecule has 0 aliphatic carbocycles. The first-order valence-corrected chi connectivity index (χ1v) is 8.23. The van der Waals surface area contributed by atoms with Gasteiger partial charge in [-0.25, -0.2) is 4.79 Å². The van der Waals surface area contributed by atoms with Crippen molar-refractivity contribution >= 4 is 6.09 Å². The van der Waals surface area contributed by atoms with Crippen LogP contribution in [0.4, 0.5) is 4.79 Å². The lowest BCUT2D eigenvalue weighted by Crippen LogP contribution is -2.46. The lowest BCUT2D eigenvalue weighted by atomic mass is 10.0. The zero-order valence-electron chi connectivity index (χ0n) is 13.7. The van der Waals surface area contributed by atoms with E-state index in [1.807, 2.05) is 25.7 Å². The largest absolute Gasteiger partial charge is 0.444 e. The summed E-state index contributed by atoms with van der Waals surface area (Å²) in [5.74, 6) is 0.736. The number of nitrogens with one attached hydrogen (secondary N) is 1. The van der Waals surface area contributed by atoms with E-state index in [0.717, 1.165) is 51.6 Å². The van der Waals surface area contributed by atoms with Gasteiger partial charge in [0.1, 0.15) is 5.60 Å². The Morgan fingerprint density at radius 1 is 1.29 bits per heavy atom. The molecule has 1 N–H and O–H groups in total. The molecule has 2 heterocycles. The number of carbonyl (C=O) groups excluding carboxylic acids is 1. The molecule has 0 aromatic carbocycles. The van der Waals surface area contributed by atoms with Crippen molar-refractivity contribution < 1.29 is 14.3 Å². The van der Waals surface area contributed by atoms with Gasteiger partial charge in [0.05, 0.1) is 0 Å². The summed E-state index contributed by atoms with van der Waals surface area (Å²) in [6, 6.07) is 0.533. The van der Waals surface area contributed by atoms with E-state index < -0.39 is 5.60 Å². The van der Waals surface area contributed by atoms with E-state index in [1.54, 1.807) is 0 Å². The highest BCUT2D eigenvalue weighted by atomic mass is 16.6. The average molecular weight is 298 g/mol. The minimum Gasteiger partial charge on any atom is -0.444 e. The summed E-state index contributed by atoms with van der Waals surface area (Å²) >= 11 is 0. The molecule has 1 unspecified atom stereocenters. The van der Waals surface area contributed by atoms with Gasteiger partial charge in [-0.15, -0.1) is 0 Å². The number of amides is 1. The van der Waals surface area contributed by atoms with Crippen molar-refractivity contribution in [2.45, 2.75) is 58.1 Å². The fourth-order valence-corrected chi connectivity index (χ4v) is 2.90. The lowest BCUT2D eigenvalue weighted by Gasteiger charge is -2.34. The average Bonchev–Trinajstić information content (AvgIpc) is 2.91. The molecule has 0 bridgehead atoms. The molecule has 5 heteroatoms. The third-order valence-electron chi connectivity index (χ3n) is 4.16. The summed E-state index contributed by atoms with van der Waals surface area (Å²) < 4.78 is 10.8. The number of ether oxygens (including phenoxy) is 2. The van der Waals surface area contributed by atoms with Crippen LogP contribution in [0.15, 0.2) is 0 Å². The fourth-order valence-electron chi connectivity index (χ4n) is 2.90. The van der Waals surface area contributed by atoms with Crippen molar-refractivity contribution in [3.63, 3.8) is 0 Å². The number of rotatable bonds is 4. The molecule has 1 amide bonds. The molecule has 0 saturated carbocycles. The van der Waals surface area contributed by atoms with E-state index in [1.165, 1.54) is 12.8 Å². The van der Waals surface area contributed by atoms with Crippen molar-refractivity contribution in [2.75, 3.05) is 32.8 Å². The second kappa shape index (κ2) is 7.45. The first-order valence-electron chi connectivity index (χ1n) is 8.23. The molecule has 2 aliphatic heterocycles. The van der Waals surface area contributed by atoms with Gasteiger partial charge in [-0.2, -0.15) is 0 Å². The quantitative estimate of drug-likeness (QED) is 0.866. The van der Waals surface area contributed by atoms with Crippen LogP contribution in [-0.4, -0.2) is 55.5 Å². The van der Waals surface area contributed by atoms with Gasteiger partial charge in [-0.05, 0) is 58.9 Å². The van der Waals surface area contributed by atoms with Crippen molar-refractivity contribution in [3.05, 3.63) is 0 Å². The van der Waals surface area contributed by atoms with Crippen molar-refractivity contribution in [1.29, 1.82) is 0 Å². The number of piperidine rings is 1. The summed E-state index contributed by atoms with van der Waals surface area (Å²) in [5, 5.41) is 3.62. The molecule has 21 heavy (non-hydrogen) atoms. The van der Waals surface area contributed by atoms with E-state index in [9.17, 15) is 4.79 Å². The van der Waals surface area contributed by atoms with E-state index >= 15 is 0 Å². The zero-order valence-corrected chi connectivity index (χ0v) is 13.7. The first kappa shape index (κ1) is 16.6. The minimum atomic E-state index is -0.407. The Bertz CT molecular complexity index is 327. The van der Waals surface area contributed by atoms with Crippen LogP contribution >= 0.6 is 0 Å². The Hall–Kier alpha value is -0.810. The number of likely N-dealkylation sites (tertiary alicyclic amines) is 1. The van der Waals surface area contributed by atoms with Gasteiger partial charge in [-0.3, -0.25) is 0 Å². The molecule has 0 aromatic heterocycles. The maximum atomic E-state index is 12.0. The monoisotopic (exact) mass is 298 g/mol. The van der Waals surface area contributed by atoms with Gasteiger partial charge in [0.2, 0.25) is 0 Å². The molecule has 2 aliphatic rings. The summed E-state index contributed by atoms with van der Waals surface area (Å²) in [6.45, 7) is 10.2. The van der Waals surface area contributed by atoms with Gasteiger partial charge < -0.3 is 19.7 Å². The van der Waals surface area contributed by atoms with Gasteiger partial charge in [0.25, 0.3) is 0 Å². The van der Waals surface area contributed by atoms with E-state index in [2.05, 4.69) is 5.32 Å². The van der Waals surface area contributed by atoms with Crippen LogP contribution in [0.25, 0.3) is 0 Å². The third-order valence-corrected chi connectivity index (χ3v) is 4.16. The highest BCUT2D eigenvalue weighted by Gasteiger charge is 2.26. The number of hydrogen-bond donors (Lipinski definition) is 1. The molecule has 0 spiro atoms. The summed E-state index contributed by atoms with van der Waals surface area (Å²) in [6.07, 6.45) is 4.26. The molecule has 122 valence electrons. The first-order chi connectivity index (χ1) is 9.94. The summed E-state index contributed by atoms with van der Waals surface area (Å²) in [7, 11) is 0. The Kier molecular flexibility index (Phi) is 5.88. The highest BCUT2D eigenvalue weighted by Crippen LogP contribution is 2.17. The highest BCUT2D eigenvalue weighted by molar-refractivity contribution is 5.68. The predicted molar refractivity (Wildman–Crippen MR) is 82.4 cm³/mol. The van der Waals surface area contributed by atoms with Crippen LogP contribution in [0.5, 0.6) is 0 Å². The zero-order chi connectivity index (χ0) is 15.3. The van der Waals surface area contributed by atoms with Crippen LogP contribution in [0.2, 0.25) is 0 Å². The van der Waals surface area contributed by atoms with Crippen LogP contribution in [0, 0.1) is 5.92 Å². The van der Waals surface area contributed by atoms with E-state index in [0.29, 0.717) is 6.04 Å². The second-order valence-corrected chi connectivity index (χ2v) is 7.21.